The minimum Gasteiger partial charge on any atom is -0.361 e. The summed E-state index contributed by atoms with van der Waals surface area (Å²) in [5.41, 5.74) is 3.76. The van der Waals surface area contributed by atoms with Crippen LogP contribution in [0.1, 0.15) is 12.0 Å². The Balaban J connectivity index is 1.94. The molecule has 1 atom stereocenters. The summed E-state index contributed by atoms with van der Waals surface area (Å²) in [5, 5.41) is 1.26. The largest absolute Gasteiger partial charge is 0.361 e. The third-order valence-corrected chi connectivity index (χ3v) is 5.08. The minimum atomic E-state index is -2.08. The average Bonchev–Trinajstić information content (AvgIpc) is 2.82. The highest BCUT2D eigenvalue weighted by molar-refractivity contribution is 7.97. The SMILES string of the molecule is C=S(C)(=O)N1CC=C(c2c[nH]c3ccccc23)CC1. The van der Waals surface area contributed by atoms with Crippen LogP contribution < -0.4 is 0 Å². The van der Waals surface area contributed by atoms with Gasteiger partial charge in [0.1, 0.15) is 0 Å². The Morgan fingerprint density at radius 2 is 2.16 bits per heavy atom. The summed E-state index contributed by atoms with van der Waals surface area (Å²) in [5.74, 6) is 3.75. The number of H-pyrrole nitrogens is 1. The first-order chi connectivity index (χ1) is 9.05. The van der Waals surface area contributed by atoms with Crippen molar-refractivity contribution in [3.05, 3.63) is 42.1 Å². The van der Waals surface area contributed by atoms with E-state index in [1.54, 1.807) is 6.26 Å². The fourth-order valence-electron chi connectivity index (χ4n) is 2.58. The molecule has 2 aromatic rings. The summed E-state index contributed by atoms with van der Waals surface area (Å²) >= 11 is 0. The van der Waals surface area contributed by atoms with Gasteiger partial charge in [-0.15, -0.1) is 0 Å². The average molecular weight is 274 g/mol. The zero-order valence-electron chi connectivity index (χ0n) is 11.1. The number of hydrogen-bond donors (Lipinski definition) is 1. The summed E-state index contributed by atoms with van der Waals surface area (Å²) in [6, 6.07) is 8.32. The third-order valence-electron chi connectivity index (χ3n) is 3.65. The Bertz CT molecular complexity index is 740. The van der Waals surface area contributed by atoms with Gasteiger partial charge in [-0.05, 0) is 23.9 Å². The second-order valence-corrected chi connectivity index (χ2v) is 7.51. The molecule has 100 valence electrons. The number of nitrogens with one attached hydrogen (secondary N) is 1. The molecule has 1 aliphatic heterocycles. The van der Waals surface area contributed by atoms with Gasteiger partial charge in [0.05, 0.1) is 0 Å². The second-order valence-electron chi connectivity index (χ2n) is 5.07. The molecule has 0 aliphatic carbocycles. The van der Waals surface area contributed by atoms with Crippen LogP contribution in [0, 0.1) is 0 Å². The maximum Gasteiger partial charge on any atom is 0.0460 e. The van der Waals surface area contributed by atoms with Crippen molar-refractivity contribution in [2.45, 2.75) is 6.42 Å². The van der Waals surface area contributed by atoms with Crippen LogP contribution in [-0.4, -0.2) is 38.7 Å². The first-order valence-corrected chi connectivity index (χ1v) is 8.48. The van der Waals surface area contributed by atoms with Crippen molar-refractivity contribution in [1.29, 1.82) is 0 Å². The Morgan fingerprint density at radius 1 is 1.37 bits per heavy atom. The van der Waals surface area contributed by atoms with Crippen molar-refractivity contribution >= 4 is 32.1 Å². The van der Waals surface area contributed by atoms with Crippen molar-refractivity contribution < 1.29 is 4.21 Å². The van der Waals surface area contributed by atoms with Gasteiger partial charge >= 0.3 is 0 Å². The molecule has 19 heavy (non-hydrogen) atoms. The molecule has 1 aromatic heterocycles. The molecule has 0 fully saturated rings. The van der Waals surface area contributed by atoms with Crippen molar-refractivity contribution in [3.8, 4) is 0 Å². The standard InChI is InChI=1S/C15H18N2OS/c1-19(2,18)17-9-7-12(8-10-17)14-11-16-15-6-4-3-5-13(14)15/h3-7,11,16H,1,8-10H2,2H3. The number of nitrogens with zero attached hydrogens (tertiary/aromatic N) is 1. The monoisotopic (exact) mass is 274 g/mol. The number of benzene rings is 1. The lowest BCUT2D eigenvalue weighted by atomic mass is 10.00. The van der Waals surface area contributed by atoms with Crippen LogP contribution in [0.2, 0.25) is 0 Å². The molecule has 1 aliphatic rings. The molecule has 3 rings (SSSR count). The molecule has 0 saturated carbocycles. The van der Waals surface area contributed by atoms with Gasteiger partial charge in [0.25, 0.3) is 0 Å². The highest BCUT2D eigenvalue weighted by Gasteiger charge is 2.18. The smallest absolute Gasteiger partial charge is 0.0460 e. The summed E-state index contributed by atoms with van der Waals surface area (Å²) in [6.45, 7) is 1.53. The molecule has 1 aromatic carbocycles. The zero-order valence-corrected chi connectivity index (χ0v) is 11.9. The molecule has 1 unspecified atom stereocenters. The molecule has 3 nitrogen and oxygen atoms in total. The lowest BCUT2D eigenvalue weighted by molar-refractivity contribution is 0.484. The van der Waals surface area contributed by atoms with Crippen LogP contribution in [0.4, 0.5) is 0 Å². The number of fused-ring (bicyclic) bond motifs is 1. The molecule has 4 heteroatoms. The van der Waals surface area contributed by atoms with E-state index >= 15 is 0 Å². The van der Waals surface area contributed by atoms with Crippen molar-refractivity contribution in [1.82, 2.24) is 9.29 Å². The molecular formula is C15H18N2OS. The van der Waals surface area contributed by atoms with Crippen LogP contribution in [0.25, 0.3) is 16.5 Å². The van der Waals surface area contributed by atoms with Crippen molar-refractivity contribution in [3.63, 3.8) is 0 Å². The number of aromatic amines is 1. The quantitative estimate of drug-likeness (QED) is 0.839. The van der Waals surface area contributed by atoms with Gasteiger partial charge in [-0.1, -0.05) is 24.3 Å². The maximum absolute atomic E-state index is 11.9. The van der Waals surface area contributed by atoms with Gasteiger partial charge in [0.15, 0.2) is 0 Å². The molecule has 0 bridgehead atoms. The zero-order chi connectivity index (χ0) is 13.5. The van der Waals surface area contributed by atoms with Gasteiger partial charge in [-0.3, -0.25) is 4.21 Å². The van der Waals surface area contributed by atoms with E-state index in [2.05, 4.69) is 41.3 Å². The van der Waals surface area contributed by atoms with Crippen LogP contribution in [-0.2, 0) is 9.71 Å². The van der Waals surface area contributed by atoms with Crippen LogP contribution in [0.5, 0.6) is 0 Å². The molecule has 0 spiro atoms. The Kier molecular flexibility index (Phi) is 2.99. The molecular weight excluding hydrogens is 256 g/mol. The number of para-hydroxylation sites is 1. The van der Waals surface area contributed by atoms with E-state index in [4.69, 9.17) is 0 Å². The fraction of sp³-hybridized carbons (Fsp3) is 0.267. The van der Waals surface area contributed by atoms with Crippen LogP contribution >= 0.6 is 0 Å². The first kappa shape index (κ1) is 12.5. The highest BCUT2D eigenvalue weighted by atomic mass is 32.2. The van der Waals surface area contributed by atoms with Gasteiger partial charge in [0, 0.05) is 51.7 Å². The third kappa shape index (κ3) is 2.33. The second kappa shape index (κ2) is 4.54. The van der Waals surface area contributed by atoms with Gasteiger partial charge in [-0.2, -0.15) is 0 Å². The topological polar surface area (TPSA) is 36.1 Å². The summed E-state index contributed by atoms with van der Waals surface area (Å²) in [6.07, 6.45) is 6.87. The lowest BCUT2D eigenvalue weighted by Gasteiger charge is -2.27. The van der Waals surface area contributed by atoms with Gasteiger partial charge in [0.2, 0.25) is 0 Å². The number of hydrogen-bond acceptors (Lipinski definition) is 1. The van der Waals surface area contributed by atoms with Crippen LogP contribution in [0.3, 0.4) is 0 Å². The Labute approximate surface area is 114 Å². The molecule has 2 heterocycles. The number of rotatable bonds is 2. The molecule has 0 saturated heterocycles. The van der Waals surface area contributed by atoms with Crippen molar-refractivity contribution in [2.75, 3.05) is 19.3 Å². The molecule has 1 N–H and O–H groups in total. The number of aromatic nitrogens is 1. The minimum absolute atomic E-state index is 0.716. The summed E-state index contributed by atoms with van der Waals surface area (Å²) < 4.78 is 13.9. The highest BCUT2D eigenvalue weighted by Crippen LogP contribution is 2.29. The van der Waals surface area contributed by atoms with E-state index in [0.717, 1.165) is 18.5 Å². The van der Waals surface area contributed by atoms with E-state index in [-0.39, 0.29) is 0 Å². The van der Waals surface area contributed by atoms with E-state index in [9.17, 15) is 4.21 Å². The summed E-state index contributed by atoms with van der Waals surface area (Å²) in [7, 11) is -2.08. The summed E-state index contributed by atoms with van der Waals surface area (Å²) in [4.78, 5) is 3.30. The van der Waals surface area contributed by atoms with E-state index in [1.165, 1.54) is 16.5 Å². The first-order valence-electron chi connectivity index (χ1n) is 6.38. The predicted octanol–water partition coefficient (Wildman–Crippen LogP) is 2.52. The maximum atomic E-state index is 11.9. The van der Waals surface area contributed by atoms with E-state index in [0.29, 0.717) is 6.54 Å². The van der Waals surface area contributed by atoms with E-state index in [1.807, 2.05) is 10.4 Å². The van der Waals surface area contributed by atoms with Crippen molar-refractivity contribution in [2.24, 2.45) is 0 Å². The molecule has 0 amide bonds. The van der Waals surface area contributed by atoms with Gasteiger partial charge < -0.3 is 4.98 Å². The van der Waals surface area contributed by atoms with Gasteiger partial charge in [-0.25, -0.2) is 4.31 Å². The Morgan fingerprint density at radius 3 is 2.84 bits per heavy atom. The Hall–Kier alpha value is -1.52. The normalized spacial score (nSPS) is 20.2. The van der Waals surface area contributed by atoms with Crippen LogP contribution in [0.15, 0.2) is 36.5 Å². The molecule has 0 radical (unpaired) electrons. The fourth-order valence-corrected chi connectivity index (χ4v) is 3.45. The van der Waals surface area contributed by atoms with E-state index < -0.39 is 9.71 Å². The predicted molar refractivity (Wildman–Crippen MR) is 83.7 cm³/mol. The lowest BCUT2D eigenvalue weighted by Crippen LogP contribution is -2.33.